The minimum Gasteiger partial charge on any atom is -0.353 e. The summed E-state index contributed by atoms with van der Waals surface area (Å²) >= 11 is 0. The van der Waals surface area contributed by atoms with E-state index in [1.54, 1.807) is 0 Å². The van der Waals surface area contributed by atoms with Crippen molar-refractivity contribution in [2.45, 2.75) is 32.0 Å². The molecule has 0 unspecified atom stereocenters. The molecule has 0 radical (unpaired) electrons. The quantitative estimate of drug-likeness (QED) is 0.463. The predicted molar refractivity (Wildman–Crippen MR) is 120 cm³/mol. The van der Waals surface area contributed by atoms with E-state index in [-0.39, 0.29) is 41.4 Å². The summed E-state index contributed by atoms with van der Waals surface area (Å²) in [7, 11) is -3.19. The molecule has 0 saturated carbocycles. The summed E-state index contributed by atoms with van der Waals surface area (Å²) in [6, 6.07) is 3.89. The van der Waals surface area contributed by atoms with Crippen molar-refractivity contribution in [1.29, 1.82) is 0 Å². The third kappa shape index (κ3) is 5.37. The lowest BCUT2D eigenvalue weighted by atomic mass is 10.1. The van der Waals surface area contributed by atoms with Crippen LogP contribution in [0.3, 0.4) is 0 Å². The van der Waals surface area contributed by atoms with Crippen molar-refractivity contribution in [2.75, 3.05) is 16.8 Å². The summed E-state index contributed by atoms with van der Waals surface area (Å²) in [6.07, 6.45) is 1.77. The number of aromatic amines is 1. The Bertz CT molecular complexity index is 1530. The van der Waals surface area contributed by atoms with Gasteiger partial charge in [-0.1, -0.05) is 6.07 Å². The number of pyridine rings is 1. The standard InChI is InChI=1S/C21H20F3N5O5S/c22-15-8-12(9-16(23)17(15)24)10-28-19(26-14-3-6-35(33,34)7-4-14)27-20(31)29(21(28)32)11-13-2-1-5-25-18(13)30/h1-2,5,8-9,14H,3-4,6-7,10-11H2,(H,25,30)(H,26,27,31). The van der Waals surface area contributed by atoms with E-state index < -0.39 is 63.4 Å². The smallest absolute Gasteiger partial charge is 0.353 e. The highest BCUT2D eigenvalue weighted by Crippen LogP contribution is 2.18. The number of nitrogens with one attached hydrogen (secondary N) is 2. The number of H-pyrrole nitrogens is 1. The van der Waals surface area contributed by atoms with Crippen molar-refractivity contribution in [1.82, 2.24) is 19.1 Å². The second-order valence-corrected chi connectivity index (χ2v) is 10.4. The van der Waals surface area contributed by atoms with Gasteiger partial charge in [-0.3, -0.25) is 9.36 Å². The van der Waals surface area contributed by atoms with Gasteiger partial charge in [0.1, 0.15) is 9.84 Å². The first-order valence-corrected chi connectivity index (χ1v) is 12.3. The first kappa shape index (κ1) is 24.4. The zero-order valence-corrected chi connectivity index (χ0v) is 18.9. The molecule has 1 fully saturated rings. The predicted octanol–water partition coefficient (Wildman–Crippen LogP) is 0.596. The summed E-state index contributed by atoms with van der Waals surface area (Å²) in [5.74, 6) is -5.04. The average Bonchev–Trinajstić information content (AvgIpc) is 2.80. The Morgan fingerprint density at radius 3 is 2.31 bits per heavy atom. The molecule has 2 aromatic heterocycles. The highest BCUT2D eigenvalue weighted by atomic mass is 32.2. The molecule has 0 amide bonds. The molecule has 3 aromatic rings. The van der Waals surface area contributed by atoms with E-state index >= 15 is 0 Å². The van der Waals surface area contributed by atoms with Gasteiger partial charge in [-0.15, -0.1) is 0 Å². The molecule has 0 atom stereocenters. The van der Waals surface area contributed by atoms with E-state index in [1.807, 2.05) is 0 Å². The highest BCUT2D eigenvalue weighted by Gasteiger charge is 2.25. The summed E-state index contributed by atoms with van der Waals surface area (Å²) in [5.41, 5.74) is -2.49. The molecule has 2 N–H and O–H groups in total. The molecule has 4 rings (SSSR count). The maximum atomic E-state index is 13.8. The fraction of sp³-hybridized carbons (Fsp3) is 0.333. The van der Waals surface area contributed by atoms with Crippen molar-refractivity contribution in [3.63, 3.8) is 0 Å². The van der Waals surface area contributed by atoms with Crippen LogP contribution in [-0.2, 0) is 22.9 Å². The third-order valence-corrected chi connectivity index (χ3v) is 7.37. The maximum Gasteiger partial charge on any atom is 0.355 e. The van der Waals surface area contributed by atoms with Crippen molar-refractivity contribution in [2.24, 2.45) is 0 Å². The first-order chi connectivity index (χ1) is 16.5. The summed E-state index contributed by atoms with van der Waals surface area (Å²) in [6.45, 7) is -0.909. The maximum absolute atomic E-state index is 13.8. The number of benzene rings is 1. The number of hydrogen-bond donors (Lipinski definition) is 2. The van der Waals surface area contributed by atoms with Crippen LogP contribution in [0, 0.1) is 17.5 Å². The van der Waals surface area contributed by atoms with Crippen LogP contribution in [0.15, 0.2) is 44.8 Å². The normalized spacial score (nSPS) is 15.7. The van der Waals surface area contributed by atoms with E-state index in [0.717, 1.165) is 4.57 Å². The number of rotatable bonds is 6. The minimum absolute atomic E-state index is 0.0946. The van der Waals surface area contributed by atoms with E-state index in [0.29, 0.717) is 16.7 Å². The number of halogens is 3. The van der Waals surface area contributed by atoms with Gasteiger partial charge in [0.2, 0.25) is 5.95 Å². The number of hydrogen-bond acceptors (Lipinski definition) is 7. The lowest BCUT2D eigenvalue weighted by Gasteiger charge is -2.25. The molecule has 0 bridgehead atoms. The lowest BCUT2D eigenvalue weighted by molar-refractivity contribution is 0.444. The number of sulfone groups is 1. The Labute approximate surface area is 196 Å². The molecule has 1 saturated heterocycles. The SMILES string of the molecule is O=c1[nH]cccc1Cn1c(=O)nc(NC2CCS(=O)(=O)CC2)n(Cc2cc(F)c(F)c(F)c2)c1=O. The lowest BCUT2D eigenvalue weighted by Crippen LogP contribution is -2.45. The van der Waals surface area contributed by atoms with Crippen LogP contribution in [0.1, 0.15) is 24.0 Å². The molecule has 0 aliphatic carbocycles. The Kier molecular flexibility index (Phi) is 6.65. The van der Waals surface area contributed by atoms with Gasteiger partial charge in [-0.2, -0.15) is 4.98 Å². The Morgan fingerprint density at radius 2 is 1.69 bits per heavy atom. The summed E-state index contributed by atoms with van der Waals surface area (Å²) < 4.78 is 66.0. The largest absolute Gasteiger partial charge is 0.355 e. The van der Waals surface area contributed by atoms with Gasteiger partial charge < -0.3 is 10.3 Å². The number of anilines is 1. The zero-order valence-electron chi connectivity index (χ0n) is 18.1. The van der Waals surface area contributed by atoms with Crippen molar-refractivity contribution >= 4 is 15.8 Å². The van der Waals surface area contributed by atoms with Crippen LogP contribution < -0.4 is 22.3 Å². The number of nitrogens with zero attached hydrogens (tertiary/aromatic N) is 3. The molecule has 1 aliphatic rings. The molecular formula is C21H20F3N5O5S. The molecule has 1 aromatic carbocycles. The molecule has 10 nitrogen and oxygen atoms in total. The van der Waals surface area contributed by atoms with E-state index in [4.69, 9.17) is 0 Å². The average molecular weight is 511 g/mol. The van der Waals surface area contributed by atoms with Gasteiger partial charge in [0.05, 0.1) is 24.6 Å². The molecule has 186 valence electrons. The Hall–Kier alpha value is -3.68. The van der Waals surface area contributed by atoms with Gasteiger partial charge in [0.15, 0.2) is 17.5 Å². The third-order valence-electron chi connectivity index (χ3n) is 5.65. The molecule has 0 spiro atoms. The van der Waals surface area contributed by atoms with Crippen molar-refractivity contribution in [3.05, 3.63) is 90.4 Å². The van der Waals surface area contributed by atoms with Crippen molar-refractivity contribution < 1.29 is 21.6 Å². The molecule has 35 heavy (non-hydrogen) atoms. The van der Waals surface area contributed by atoms with Gasteiger partial charge in [-0.05, 0) is 36.6 Å². The Morgan fingerprint density at radius 1 is 1.03 bits per heavy atom. The molecule has 1 aliphatic heterocycles. The number of aromatic nitrogens is 4. The van der Waals surface area contributed by atoms with Crippen LogP contribution >= 0.6 is 0 Å². The topological polar surface area (TPSA) is 136 Å². The minimum atomic E-state index is -3.19. The van der Waals surface area contributed by atoms with E-state index in [2.05, 4.69) is 15.3 Å². The van der Waals surface area contributed by atoms with Crippen molar-refractivity contribution in [3.8, 4) is 0 Å². The van der Waals surface area contributed by atoms with Gasteiger partial charge in [-0.25, -0.2) is 35.7 Å². The second kappa shape index (κ2) is 9.52. The fourth-order valence-corrected chi connectivity index (χ4v) is 5.26. The van der Waals surface area contributed by atoms with Gasteiger partial charge in [0, 0.05) is 17.8 Å². The van der Waals surface area contributed by atoms with Crippen LogP contribution in [0.25, 0.3) is 0 Å². The van der Waals surface area contributed by atoms with E-state index in [9.17, 15) is 36.0 Å². The summed E-state index contributed by atoms with van der Waals surface area (Å²) in [5, 5.41) is 2.88. The second-order valence-electron chi connectivity index (χ2n) is 8.14. The van der Waals surface area contributed by atoms with Crippen LogP contribution in [0.4, 0.5) is 19.1 Å². The molecular weight excluding hydrogens is 491 g/mol. The highest BCUT2D eigenvalue weighted by molar-refractivity contribution is 7.91. The zero-order chi connectivity index (χ0) is 25.3. The van der Waals surface area contributed by atoms with Gasteiger partial charge >= 0.3 is 11.4 Å². The van der Waals surface area contributed by atoms with Crippen LogP contribution in [0.5, 0.6) is 0 Å². The fourth-order valence-electron chi connectivity index (χ4n) is 3.77. The summed E-state index contributed by atoms with van der Waals surface area (Å²) in [4.78, 5) is 44.3. The van der Waals surface area contributed by atoms with Crippen LogP contribution in [0.2, 0.25) is 0 Å². The first-order valence-electron chi connectivity index (χ1n) is 10.5. The molecule has 3 heterocycles. The molecule has 14 heteroatoms. The van der Waals surface area contributed by atoms with E-state index in [1.165, 1.54) is 18.3 Å². The van der Waals surface area contributed by atoms with Crippen LogP contribution in [-0.4, -0.2) is 45.1 Å². The van der Waals surface area contributed by atoms with Gasteiger partial charge in [0.25, 0.3) is 5.56 Å². The monoisotopic (exact) mass is 511 g/mol. The Balaban J connectivity index is 1.78.